The normalized spacial score (nSPS) is 11.3. The Hall–Kier alpha value is -3.42. The van der Waals surface area contributed by atoms with Crippen molar-refractivity contribution in [3.63, 3.8) is 0 Å². The first-order chi connectivity index (χ1) is 11.0. The van der Waals surface area contributed by atoms with Crippen molar-refractivity contribution >= 4 is 28.7 Å². The van der Waals surface area contributed by atoms with Crippen molar-refractivity contribution in [2.75, 3.05) is 0 Å². The zero-order valence-electron chi connectivity index (χ0n) is 12.1. The molecule has 0 unspecified atom stereocenters. The van der Waals surface area contributed by atoms with Crippen LogP contribution in [-0.4, -0.2) is 24.6 Å². The Bertz CT molecular complexity index is 1000. The molecule has 0 aliphatic carbocycles. The van der Waals surface area contributed by atoms with E-state index in [1.54, 1.807) is 6.08 Å². The smallest absolute Gasteiger partial charge is 0.395 e. The van der Waals surface area contributed by atoms with Gasteiger partial charge in [0.1, 0.15) is 5.82 Å². The standard InChI is InChI=1S/C15H12N4O4/c1-18-8-9(10-4-2-3-5-11(10)18)6-7-12-16-14(20)13(19(22)23)15(21)17-12/h2-8H,1H3,(H2,16,17,20,21)/b7-6+. The first kappa shape index (κ1) is 14.5. The number of nitrogens with one attached hydrogen (secondary N) is 1. The Labute approximate surface area is 129 Å². The number of benzene rings is 1. The molecule has 2 N–H and O–H groups in total. The lowest BCUT2D eigenvalue weighted by Crippen LogP contribution is -2.14. The molecule has 0 saturated carbocycles. The minimum absolute atomic E-state index is 0.0334. The highest BCUT2D eigenvalue weighted by Gasteiger charge is 2.21. The van der Waals surface area contributed by atoms with Crippen LogP contribution in [0.4, 0.5) is 5.69 Å². The fourth-order valence-corrected chi connectivity index (χ4v) is 2.39. The van der Waals surface area contributed by atoms with Gasteiger partial charge in [-0.15, -0.1) is 0 Å². The molecule has 3 aromatic rings. The van der Waals surface area contributed by atoms with Crippen molar-refractivity contribution in [1.29, 1.82) is 0 Å². The zero-order chi connectivity index (χ0) is 16.6. The maximum Gasteiger partial charge on any atom is 0.395 e. The molecule has 23 heavy (non-hydrogen) atoms. The van der Waals surface area contributed by atoms with Crippen LogP contribution < -0.4 is 5.56 Å². The molecule has 0 radical (unpaired) electrons. The van der Waals surface area contributed by atoms with E-state index in [4.69, 9.17) is 0 Å². The summed E-state index contributed by atoms with van der Waals surface area (Å²) in [6.45, 7) is 0. The monoisotopic (exact) mass is 312 g/mol. The van der Waals surface area contributed by atoms with Gasteiger partial charge in [0.05, 0.1) is 4.92 Å². The van der Waals surface area contributed by atoms with Crippen molar-refractivity contribution < 1.29 is 10.0 Å². The van der Waals surface area contributed by atoms with E-state index >= 15 is 0 Å². The van der Waals surface area contributed by atoms with Crippen LogP contribution in [0.25, 0.3) is 23.1 Å². The van der Waals surface area contributed by atoms with Gasteiger partial charge in [0.2, 0.25) is 0 Å². The molecule has 3 rings (SSSR count). The average Bonchev–Trinajstić information content (AvgIpc) is 2.81. The van der Waals surface area contributed by atoms with Crippen molar-refractivity contribution in [1.82, 2.24) is 14.5 Å². The van der Waals surface area contributed by atoms with Gasteiger partial charge in [0.15, 0.2) is 0 Å². The van der Waals surface area contributed by atoms with E-state index in [0.717, 1.165) is 16.5 Å². The molecule has 1 aromatic carbocycles. The third kappa shape index (κ3) is 2.57. The van der Waals surface area contributed by atoms with Crippen LogP contribution in [0.1, 0.15) is 11.4 Å². The lowest BCUT2D eigenvalue weighted by Gasteiger charge is -1.96. The summed E-state index contributed by atoms with van der Waals surface area (Å²) in [6.07, 6.45) is 5.10. The highest BCUT2D eigenvalue weighted by molar-refractivity contribution is 5.91. The molecule has 0 atom stereocenters. The van der Waals surface area contributed by atoms with Gasteiger partial charge in [-0.1, -0.05) is 18.2 Å². The summed E-state index contributed by atoms with van der Waals surface area (Å²) in [7, 11) is 1.91. The van der Waals surface area contributed by atoms with E-state index in [1.165, 1.54) is 6.08 Å². The molecule has 8 nitrogen and oxygen atoms in total. The second-order valence-corrected chi connectivity index (χ2v) is 4.93. The highest BCUT2D eigenvalue weighted by Crippen LogP contribution is 2.22. The number of fused-ring (bicyclic) bond motifs is 1. The fraction of sp³-hybridized carbons (Fsp3) is 0.0667. The summed E-state index contributed by atoms with van der Waals surface area (Å²) in [4.78, 5) is 27.2. The second kappa shape index (κ2) is 5.41. The largest absolute Gasteiger partial charge is 0.488 e. The van der Waals surface area contributed by atoms with Gasteiger partial charge in [-0.2, -0.15) is 4.98 Å². The van der Waals surface area contributed by atoms with Crippen LogP contribution in [0.15, 0.2) is 35.3 Å². The number of aromatic hydroxyl groups is 1. The van der Waals surface area contributed by atoms with Crippen molar-refractivity contribution in [3.8, 4) is 5.88 Å². The number of nitro groups is 1. The van der Waals surface area contributed by atoms with E-state index in [-0.39, 0.29) is 5.82 Å². The molecule has 0 aliphatic rings. The zero-order valence-corrected chi connectivity index (χ0v) is 12.1. The highest BCUT2D eigenvalue weighted by atomic mass is 16.6. The van der Waals surface area contributed by atoms with Gasteiger partial charge in [-0.25, -0.2) is 0 Å². The Morgan fingerprint density at radius 3 is 2.78 bits per heavy atom. The SMILES string of the molecule is Cn1cc(/C=C/c2nc(O)c([N+](=O)[O-])c(=O)[nH]2)c2ccccc21. The lowest BCUT2D eigenvalue weighted by atomic mass is 10.1. The van der Waals surface area contributed by atoms with Crippen LogP contribution in [-0.2, 0) is 7.05 Å². The van der Waals surface area contributed by atoms with E-state index in [9.17, 15) is 20.0 Å². The van der Waals surface area contributed by atoms with Crippen LogP contribution >= 0.6 is 0 Å². The number of para-hydroxylation sites is 1. The topological polar surface area (TPSA) is 114 Å². The van der Waals surface area contributed by atoms with E-state index < -0.39 is 22.0 Å². The molecule has 2 aromatic heterocycles. The van der Waals surface area contributed by atoms with Crippen LogP contribution in [0.2, 0.25) is 0 Å². The molecular formula is C15H12N4O4. The Morgan fingerprint density at radius 1 is 1.35 bits per heavy atom. The number of rotatable bonds is 3. The molecule has 0 bridgehead atoms. The average molecular weight is 312 g/mol. The number of H-pyrrole nitrogens is 1. The molecule has 0 fully saturated rings. The minimum atomic E-state index is -1.000. The van der Waals surface area contributed by atoms with Crippen molar-refractivity contribution in [2.45, 2.75) is 0 Å². The maximum atomic E-state index is 11.6. The molecule has 0 spiro atoms. The molecule has 2 heterocycles. The van der Waals surface area contributed by atoms with Gasteiger partial charge < -0.3 is 14.7 Å². The van der Waals surface area contributed by atoms with Gasteiger partial charge in [0, 0.05) is 29.7 Å². The van der Waals surface area contributed by atoms with Gasteiger partial charge >= 0.3 is 11.2 Å². The third-order valence-electron chi connectivity index (χ3n) is 3.43. The number of aromatic amines is 1. The summed E-state index contributed by atoms with van der Waals surface area (Å²) in [5.74, 6) is -0.873. The first-order valence-corrected chi connectivity index (χ1v) is 6.67. The molecule has 116 valence electrons. The lowest BCUT2D eigenvalue weighted by molar-refractivity contribution is -0.387. The maximum absolute atomic E-state index is 11.6. The second-order valence-electron chi connectivity index (χ2n) is 4.93. The molecule has 0 saturated heterocycles. The van der Waals surface area contributed by atoms with E-state index in [0.29, 0.717) is 0 Å². The quantitative estimate of drug-likeness (QED) is 0.567. The summed E-state index contributed by atoms with van der Waals surface area (Å²) in [5, 5.41) is 21.2. The number of hydrogen-bond donors (Lipinski definition) is 2. The predicted molar refractivity (Wildman–Crippen MR) is 85.0 cm³/mol. The van der Waals surface area contributed by atoms with E-state index in [2.05, 4.69) is 9.97 Å². The molecule has 0 aliphatic heterocycles. The van der Waals surface area contributed by atoms with Crippen molar-refractivity contribution in [3.05, 3.63) is 62.3 Å². The molecular weight excluding hydrogens is 300 g/mol. The van der Waals surface area contributed by atoms with Gasteiger partial charge in [-0.3, -0.25) is 14.9 Å². The number of hydrogen-bond acceptors (Lipinski definition) is 5. The van der Waals surface area contributed by atoms with Crippen LogP contribution in [0.3, 0.4) is 0 Å². The Balaban J connectivity index is 2.03. The third-order valence-corrected chi connectivity index (χ3v) is 3.43. The predicted octanol–water partition coefficient (Wildman–Crippen LogP) is 2.05. The number of aromatic nitrogens is 3. The molecule has 0 amide bonds. The Kier molecular flexibility index (Phi) is 3.41. The first-order valence-electron chi connectivity index (χ1n) is 6.67. The number of nitrogens with zero attached hydrogens (tertiary/aromatic N) is 3. The van der Waals surface area contributed by atoms with E-state index in [1.807, 2.05) is 42.1 Å². The molecule has 8 heteroatoms. The van der Waals surface area contributed by atoms with Crippen LogP contribution in [0.5, 0.6) is 5.88 Å². The summed E-state index contributed by atoms with van der Waals surface area (Å²) < 4.78 is 1.96. The summed E-state index contributed by atoms with van der Waals surface area (Å²) >= 11 is 0. The minimum Gasteiger partial charge on any atom is -0.488 e. The van der Waals surface area contributed by atoms with Crippen LogP contribution in [0, 0.1) is 10.1 Å². The van der Waals surface area contributed by atoms with Crippen molar-refractivity contribution in [2.24, 2.45) is 7.05 Å². The summed E-state index contributed by atoms with van der Waals surface area (Å²) in [6, 6.07) is 7.78. The summed E-state index contributed by atoms with van der Waals surface area (Å²) in [5.41, 5.74) is -0.0314. The Morgan fingerprint density at radius 2 is 2.09 bits per heavy atom. The van der Waals surface area contributed by atoms with Gasteiger partial charge in [0.25, 0.3) is 5.88 Å². The fourth-order valence-electron chi connectivity index (χ4n) is 2.39. The van der Waals surface area contributed by atoms with Gasteiger partial charge in [-0.05, 0) is 18.2 Å². The number of aryl methyl sites for hydroxylation is 1.